The lowest BCUT2D eigenvalue weighted by Crippen LogP contribution is -2.37. The number of nitrogens with zero attached hydrogens (tertiary/aromatic N) is 4. The minimum atomic E-state index is -0.185. The highest BCUT2D eigenvalue weighted by atomic mass is 16.5. The molecule has 8 nitrogen and oxygen atoms in total. The fraction of sp³-hybridized carbons (Fsp3) is 0.467. The van der Waals surface area contributed by atoms with Gasteiger partial charge in [0, 0.05) is 37.3 Å². The first-order valence-electron chi connectivity index (χ1n) is 7.80. The van der Waals surface area contributed by atoms with Gasteiger partial charge in [-0.25, -0.2) is 4.98 Å². The lowest BCUT2D eigenvalue weighted by molar-refractivity contribution is 0.0931. The van der Waals surface area contributed by atoms with Gasteiger partial charge in [-0.2, -0.15) is 4.98 Å². The van der Waals surface area contributed by atoms with Crippen molar-refractivity contribution in [3.63, 3.8) is 0 Å². The van der Waals surface area contributed by atoms with Crippen LogP contribution in [0.3, 0.4) is 0 Å². The van der Waals surface area contributed by atoms with Gasteiger partial charge in [-0.3, -0.25) is 4.79 Å². The molecule has 2 fully saturated rings. The van der Waals surface area contributed by atoms with Crippen molar-refractivity contribution in [1.82, 2.24) is 20.4 Å². The molecule has 1 atom stereocenters. The number of rotatable bonds is 4. The molecular formula is C15H18N6O2. The van der Waals surface area contributed by atoms with Crippen LogP contribution in [0.4, 0.5) is 11.8 Å². The Labute approximate surface area is 133 Å². The zero-order valence-corrected chi connectivity index (χ0v) is 12.6. The van der Waals surface area contributed by atoms with E-state index in [2.05, 4.69) is 25.3 Å². The van der Waals surface area contributed by atoms with E-state index in [1.165, 1.54) is 0 Å². The molecule has 3 heterocycles. The largest absolute Gasteiger partial charge is 0.368 e. The van der Waals surface area contributed by atoms with Crippen LogP contribution in [0.5, 0.6) is 0 Å². The second kappa shape index (κ2) is 5.53. The Balaban J connectivity index is 1.37. The van der Waals surface area contributed by atoms with E-state index in [0.717, 1.165) is 37.4 Å². The highest BCUT2D eigenvalue weighted by molar-refractivity contribution is 5.92. The molecule has 3 N–H and O–H groups in total. The summed E-state index contributed by atoms with van der Waals surface area (Å²) < 4.78 is 5.23. The maximum absolute atomic E-state index is 12.3. The second-order valence-electron chi connectivity index (χ2n) is 6.07. The molecule has 1 aliphatic heterocycles. The fourth-order valence-corrected chi connectivity index (χ4v) is 2.84. The monoisotopic (exact) mass is 314 g/mol. The lowest BCUT2D eigenvalue weighted by Gasteiger charge is -2.17. The minimum absolute atomic E-state index is 0.0553. The average molecular weight is 314 g/mol. The molecule has 1 unspecified atom stereocenters. The number of aromatic nitrogens is 3. The van der Waals surface area contributed by atoms with Crippen molar-refractivity contribution < 1.29 is 9.32 Å². The number of carbonyl (C=O) groups is 1. The predicted octanol–water partition coefficient (Wildman–Crippen LogP) is 0.933. The highest BCUT2D eigenvalue weighted by Gasteiger charge is 2.30. The Kier molecular flexibility index (Phi) is 3.36. The van der Waals surface area contributed by atoms with Crippen molar-refractivity contribution in [3.05, 3.63) is 29.8 Å². The van der Waals surface area contributed by atoms with Gasteiger partial charge in [-0.15, -0.1) is 0 Å². The van der Waals surface area contributed by atoms with E-state index in [1.807, 2.05) is 6.07 Å². The van der Waals surface area contributed by atoms with E-state index < -0.39 is 0 Å². The molecule has 0 spiro atoms. The van der Waals surface area contributed by atoms with Gasteiger partial charge in [0.25, 0.3) is 5.91 Å². The van der Waals surface area contributed by atoms with Crippen molar-refractivity contribution in [1.29, 1.82) is 0 Å². The molecule has 0 aromatic carbocycles. The van der Waals surface area contributed by atoms with Crippen LogP contribution in [0.2, 0.25) is 0 Å². The summed E-state index contributed by atoms with van der Waals surface area (Å²) in [7, 11) is 0. The van der Waals surface area contributed by atoms with Crippen LogP contribution in [0.1, 0.15) is 41.4 Å². The smallest absolute Gasteiger partial charge is 0.273 e. The summed E-state index contributed by atoms with van der Waals surface area (Å²) in [5.41, 5.74) is 5.97. The molecule has 23 heavy (non-hydrogen) atoms. The third-order valence-corrected chi connectivity index (χ3v) is 4.25. The summed E-state index contributed by atoms with van der Waals surface area (Å²) in [5.74, 6) is 2.13. The first-order valence-corrected chi connectivity index (χ1v) is 7.80. The number of nitrogens with two attached hydrogens (primary N) is 1. The Morgan fingerprint density at radius 3 is 3.04 bits per heavy atom. The molecule has 2 aromatic heterocycles. The SMILES string of the molecule is Nc1nccc(N2CCC(NC(=O)c3cc(C4CC4)on3)C2)n1. The predicted molar refractivity (Wildman–Crippen MR) is 83.0 cm³/mol. The van der Waals surface area contributed by atoms with Crippen LogP contribution in [0.15, 0.2) is 22.9 Å². The van der Waals surface area contributed by atoms with Crippen LogP contribution in [0.25, 0.3) is 0 Å². The van der Waals surface area contributed by atoms with Crippen molar-refractivity contribution >= 4 is 17.7 Å². The Hall–Kier alpha value is -2.64. The molecule has 1 aliphatic carbocycles. The van der Waals surface area contributed by atoms with Gasteiger partial charge in [0.1, 0.15) is 11.6 Å². The minimum Gasteiger partial charge on any atom is -0.368 e. The number of amides is 1. The van der Waals surface area contributed by atoms with Gasteiger partial charge in [0.2, 0.25) is 5.95 Å². The van der Waals surface area contributed by atoms with E-state index in [0.29, 0.717) is 18.2 Å². The summed E-state index contributed by atoms with van der Waals surface area (Å²) in [6.07, 6.45) is 4.73. The van der Waals surface area contributed by atoms with Crippen molar-refractivity contribution in [2.24, 2.45) is 0 Å². The summed E-state index contributed by atoms with van der Waals surface area (Å²) in [4.78, 5) is 22.4. The summed E-state index contributed by atoms with van der Waals surface area (Å²) >= 11 is 0. The molecule has 1 saturated carbocycles. The maximum atomic E-state index is 12.3. The third kappa shape index (κ3) is 2.96. The van der Waals surface area contributed by atoms with Crippen LogP contribution in [-0.4, -0.2) is 40.2 Å². The standard InChI is InChI=1S/C15H18N6O2/c16-15-17-5-3-13(19-15)21-6-4-10(8-21)18-14(22)11-7-12(23-20-11)9-1-2-9/h3,5,7,9-10H,1-2,4,6,8H2,(H,18,22)(H2,16,17,19). The van der Waals surface area contributed by atoms with Gasteiger partial charge in [0.15, 0.2) is 5.69 Å². The Morgan fingerprint density at radius 2 is 2.26 bits per heavy atom. The quantitative estimate of drug-likeness (QED) is 0.863. The van der Waals surface area contributed by atoms with Crippen LogP contribution >= 0.6 is 0 Å². The Bertz CT molecular complexity index is 726. The molecule has 0 bridgehead atoms. The summed E-state index contributed by atoms with van der Waals surface area (Å²) in [6.45, 7) is 1.50. The summed E-state index contributed by atoms with van der Waals surface area (Å²) in [5, 5.41) is 6.87. The van der Waals surface area contributed by atoms with Gasteiger partial charge in [-0.05, 0) is 25.3 Å². The molecule has 1 amide bonds. The van der Waals surface area contributed by atoms with Crippen LogP contribution < -0.4 is 16.0 Å². The molecule has 1 saturated heterocycles. The van der Waals surface area contributed by atoms with Crippen molar-refractivity contribution in [2.45, 2.75) is 31.2 Å². The summed E-state index contributed by atoms with van der Waals surface area (Å²) in [6, 6.07) is 3.63. The number of anilines is 2. The highest BCUT2D eigenvalue weighted by Crippen LogP contribution is 2.40. The molecule has 2 aliphatic rings. The molecule has 8 heteroatoms. The first kappa shape index (κ1) is 14.0. The van der Waals surface area contributed by atoms with Gasteiger partial charge in [0.05, 0.1) is 0 Å². The number of hydrogen-bond donors (Lipinski definition) is 2. The van der Waals surface area contributed by atoms with Crippen molar-refractivity contribution in [2.75, 3.05) is 23.7 Å². The third-order valence-electron chi connectivity index (χ3n) is 4.25. The lowest BCUT2D eigenvalue weighted by atomic mass is 10.2. The molecule has 4 rings (SSSR count). The van der Waals surface area contributed by atoms with Gasteiger partial charge >= 0.3 is 0 Å². The zero-order chi connectivity index (χ0) is 15.8. The molecule has 120 valence electrons. The number of nitrogens with one attached hydrogen (secondary N) is 1. The number of hydrogen-bond acceptors (Lipinski definition) is 7. The van der Waals surface area contributed by atoms with Crippen LogP contribution in [-0.2, 0) is 0 Å². The van der Waals surface area contributed by atoms with E-state index in [9.17, 15) is 4.79 Å². The maximum Gasteiger partial charge on any atom is 0.273 e. The topological polar surface area (TPSA) is 110 Å². The molecule has 0 radical (unpaired) electrons. The van der Waals surface area contributed by atoms with Crippen LogP contribution in [0, 0.1) is 0 Å². The molecular weight excluding hydrogens is 296 g/mol. The zero-order valence-electron chi connectivity index (χ0n) is 12.6. The van der Waals surface area contributed by atoms with Gasteiger partial charge in [-0.1, -0.05) is 5.16 Å². The van der Waals surface area contributed by atoms with E-state index in [-0.39, 0.29) is 17.9 Å². The van der Waals surface area contributed by atoms with E-state index >= 15 is 0 Å². The van der Waals surface area contributed by atoms with Gasteiger partial charge < -0.3 is 20.5 Å². The fourth-order valence-electron chi connectivity index (χ4n) is 2.84. The molecule has 2 aromatic rings. The second-order valence-corrected chi connectivity index (χ2v) is 6.07. The number of nitrogen functional groups attached to an aromatic ring is 1. The normalized spacial score (nSPS) is 20.7. The van der Waals surface area contributed by atoms with E-state index in [1.54, 1.807) is 12.3 Å². The average Bonchev–Trinajstić information content (AvgIpc) is 3.09. The Morgan fingerprint density at radius 1 is 1.39 bits per heavy atom. The first-order chi connectivity index (χ1) is 11.2. The van der Waals surface area contributed by atoms with E-state index in [4.69, 9.17) is 10.3 Å². The number of carbonyl (C=O) groups excluding carboxylic acids is 1. The van der Waals surface area contributed by atoms with Crippen molar-refractivity contribution in [3.8, 4) is 0 Å².